The van der Waals surface area contributed by atoms with Crippen molar-refractivity contribution in [2.75, 3.05) is 18.6 Å². The Kier molecular flexibility index (Phi) is 5.99. The van der Waals surface area contributed by atoms with Gasteiger partial charge in [-0.1, -0.05) is 15.9 Å². The number of hydrogen-bond donors (Lipinski definition) is 1. The lowest BCUT2D eigenvalue weighted by atomic mass is 10.2. The summed E-state index contributed by atoms with van der Waals surface area (Å²) >= 11 is 7.25. The molecule has 1 rings (SSSR count). The largest absolute Gasteiger partial charge is 0.351 e. The van der Waals surface area contributed by atoms with Crippen LogP contribution in [0.5, 0.6) is 0 Å². The second-order valence-corrected chi connectivity index (χ2v) is 5.94. The molecule has 1 amide bonds. The Bertz CT molecular complexity index is 359. The predicted octanol–water partition coefficient (Wildman–Crippen LogP) is 3.15. The van der Waals surface area contributed by atoms with Crippen molar-refractivity contribution in [1.82, 2.24) is 5.32 Å². The molecular weight excluding hydrogens is 389 g/mol. The summed E-state index contributed by atoms with van der Waals surface area (Å²) in [5, 5.41) is 2.88. The molecule has 0 spiro atoms. The van der Waals surface area contributed by atoms with Gasteiger partial charge in [0.05, 0.1) is 5.56 Å². The summed E-state index contributed by atoms with van der Waals surface area (Å²) in [7, 11) is 0. The number of carbonyl (C=O) groups excluding carboxylic acids is 1. The highest BCUT2D eigenvalue weighted by Gasteiger charge is 2.09. The fourth-order valence-corrected chi connectivity index (χ4v) is 2.28. The third-order valence-corrected chi connectivity index (χ3v) is 3.81. The maximum Gasteiger partial charge on any atom is 0.252 e. The third kappa shape index (κ3) is 4.32. The molecule has 0 atom stereocenters. The van der Waals surface area contributed by atoms with Crippen molar-refractivity contribution in [3.63, 3.8) is 0 Å². The van der Waals surface area contributed by atoms with Crippen LogP contribution in [0.1, 0.15) is 10.4 Å². The molecule has 0 radical (unpaired) electrons. The Morgan fingerprint density at radius 3 is 3.00 bits per heavy atom. The molecule has 0 aliphatic carbocycles. The van der Waals surface area contributed by atoms with Crippen LogP contribution in [-0.4, -0.2) is 24.5 Å². The molecule has 82 valence electrons. The van der Waals surface area contributed by atoms with Gasteiger partial charge in [-0.3, -0.25) is 4.79 Å². The summed E-state index contributed by atoms with van der Waals surface area (Å²) in [6.07, 6.45) is 2.02. The van der Waals surface area contributed by atoms with Gasteiger partial charge in [0.15, 0.2) is 0 Å². The summed E-state index contributed by atoms with van der Waals surface area (Å²) in [5.74, 6) is 0.936. The van der Waals surface area contributed by atoms with E-state index in [9.17, 15) is 4.79 Å². The van der Waals surface area contributed by atoms with Crippen molar-refractivity contribution in [2.24, 2.45) is 0 Å². The van der Waals surface area contributed by atoms with Gasteiger partial charge in [0.25, 0.3) is 5.91 Å². The van der Waals surface area contributed by atoms with E-state index in [4.69, 9.17) is 0 Å². The number of benzene rings is 1. The van der Waals surface area contributed by atoms with Crippen molar-refractivity contribution in [1.29, 1.82) is 0 Å². The summed E-state index contributed by atoms with van der Waals surface area (Å²) < 4.78 is 1.90. The highest BCUT2D eigenvalue weighted by atomic mass is 127. The van der Waals surface area contributed by atoms with Crippen LogP contribution in [0.3, 0.4) is 0 Å². The minimum Gasteiger partial charge on any atom is -0.351 e. The number of nitrogens with one attached hydrogen (secondary N) is 1. The topological polar surface area (TPSA) is 29.1 Å². The van der Waals surface area contributed by atoms with Crippen LogP contribution in [-0.2, 0) is 0 Å². The first kappa shape index (κ1) is 13.3. The Hall–Kier alpha value is 0.250. The Balaban J connectivity index is 2.68. The van der Waals surface area contributed by atoms with Crippen molar-refractivity contribution < 1.29 is 4.79 Å². The molecular formula is C10H11BrINOS. The maximum atomic E-state index is 11.7. The highest BCUT2D eigenvalue weighted by Crippen LogP contribution is 2.18. The molecule has 15 heavy (non-hydrogen) atoms. The van der Waals surface area contributed by atoms with Gasteiger partial charge in [0, 0.05) is 20.3 Å². The van der Waals surface area contributed by atoms with E-state index in [0.717, 1.165) is 19.4 Å². The number of thioether (sulfide) groups is 1. The molecule has 0 heterocycles. The zero-order valence-electron chi connectivity index (χ0n) is 8.22. The molecule has 1 aromatic rings. The van der Waals surface area contributed by atoms with E-state index in [0.29, 0.717) is 6.54 Å². The Morgan fingerprint density at radius 2 is 2.33 bits per heavy atom. The van der Waals surface area contributed by atoms with Crippen molar-refractivity contribution >= 4 is 56.2 Å². The van der Waals surface area contributed by atoms with Crippen LogP contribution in [0.2, 0.25) is 0 Å². The maximum absolute atomic E-state index is 11.7. The predicted molar refractivity (Wildman–Crippen MR) is 77.6 cm³/mol. The van der Waals surface area contributed by atoms with Crippen LogP contribution in [0, 0.1) is 3.57 Å². The first-order valence-electron chi connectivity index (χ1n) is 4.37. The smallest absolute Gasteiger partial charge is 0.252 e. The summed E-state index contributed by atoms with van der Waals surface area (Å²) in [6, 6.07) is 5.70. The molecule has 0 bridgehead atoms. The quantitative estimate of drug-likeness (QED) is 0.622. The fourth-order valence-electron chi connectivity index (χ4n) is 1.03. The van der Waals surface area contributed by atoms with Gasteiger partial charge in [0.2, 0.25) is 0 Å². The minimum atomic E-state index is -0.00486. The lowest BCUT2D eigenvalue weighted by Crippen LogP contribution is -2.26. The third-order valence-electron chi connectivity index (χ3n) is 1.76. The Morgan fingerprint density at radius 1 is 1.60 bits per heavy atom. The normalized spacial score (nSPS) is 10.1. The van der Waals surface area contributed by atoms with Gasteiger partial charge < -0.3 is 5.32 Å². The molecule has 0 saturated carbocycles. The molecule has 0 saturated heterocycles. The second kappa shape index (κ2) is 6.75. The van der Waals surface area contributed by atoms with Gasteiger partial charge >= 0.3 is 0 Å². The van der Waals surface area contributed by atoms with E-state index in [1.807, 2.05) is 24.5 Å². The highest BCUT2D eigenvalue weighted by molar-refractivity contribution is 14.1. The molecule has 5 heteroatoms. The Labute approximate surface area is 116 Å². The summed E-state index contributed by atoms with van der Waals surface area (Å²) in [4.78, 5) is 11.7. The zero-order chi connectivity index (χ0) is 11.3. The van der Waals surface area contributed by atoms with Crippen LogP contribution in [0.25, 0.3) is 0 Å². The number of rotatable bonds is 4. The SMILES string of the molecule is CSCCNC(=O)c1cc(Br)ccc1I. The second-order valence-electron chi connectivity index (χ2n) is 2.87. The summed E-state index contributed by atoms with van der Waals surface area (Å²) in [6.45, 7) is 0.711. The molecule has 0 aliphatic heterocycles. The number of hydrogen-bond acceptors (Lipinski definition) is 2. The number of halogens is 2. The number of carbonyl (C=O) groups is 1. The van der Waals surface area contributed by atoms with Crippen LogP contribution < -0.4 is 5.32 Å². The van der Waals surface area contributed by atoms with Crippen LogP contribution in [0.15, 0.2) is 22.7 Å². The van der Waals surface area contributed by atoms with E-state index in [2.05, 4.69) is 43.8 Å². The van der Waals surface area contributed by atoms with Gasteiger partial charge in [-0.05, 0) is 47.0 Å². The monoisotopic (exact) mass is 399 g/mol. The first-order chi connectivity index (χ1) is 7.15. The average molecular weight is 400 g/mol. The lowest BCUT2D eigenvalue weighted by molar-refractivity contribution is 0.0955. The average Bonchev–Trinajstić information content (AvgIpc) is 2.22. The fraction of sp³-hybridized carbons (Fsp3) is 0.300. The molecule has 1 N–H and O–H groups in total. The zero-order valence-corrected chi connectivity index (χ0v) is 12.8. The van der Waals surface area contributed by atoms with Gasteiger partial charge in [-0.15, -0.1) is 0 Å². The lowest BCUT2D eigenvalue weighted by Gasteiger charge is -2.06. The minimum absolute atomic E-state index is 0.00486. The molecule has 0 unspecified atom stereocenters. The standard InChI is InChI=1S/C10H11BrINOS/c1-15-5-4-13-10(14)8-6-7(11)2-3-9(8)12/h2-3,6H,4-5H2,1H3,(H,13,14). The van der Waals surface area contributed by atoms with E-state index in [1.165, 1.54) is 0 Å². The van der Waals surface area contributed by atoms with E-state index in [-0.39, 0.29) is 5.91 Å². The van der Waals surface area contributed by atoms with E-state index < -0.39 is 0 Å². The molecule has 0 fully saturated rings. The van der Waals surface area contributed by atoms with Crippen molar-refractivity contribution in [2.45, 2.75) is 0 Å². The van der Waals surface area contributed by atoms with E-state index >= 15 is 0 Å². The van der Waals surface area contributed by atoms with Gasteiger partial charge in [0.1, 0.15) is 0 Å². The molecule has 1 aromatic carbocycles. The molecule has 2 nitrogen and oxygen atoms in total. The van der Waals surface area contributed by atoms with Gasteiger partial charge in [-0.25, -0.2) is 0 Å². The number of amides is 1. The molecule has 0 aromatic heterocycles. The van der Waals surface area contributed by atoms with E-state index in [1.54, 1.807) is 11.8 Å². The van der Waals surface area contributed by atoms with Crippen molar-refractivity contribution in [3.8, 4) is 0 Å². The van der Waals surface area contributed by atoms with Crippen molar-refractivity contribution in [3.05, 3.63) is 31.8 Å². The van der Waals surface area contributed by atoms with Gasteiger partial charge in [-0.2, -0.15) is 11.8 Å². The summed E-state index contributed by atoms with van der Waals surface area (Å²) in [5.41, 5.74) is 0.728. The van der Waals surface area contributed by atoms with Crippen LogP contribution in [0.4, 0.5) is 0 Å². The first-order valence-corrected chi connectivity index (χ1v) is 7.64. The molecule has 0 aliphatic rings. The van der Waals surface area contributed by atoms with Crippen LogP contribution >= 0.6 is 50.3 Å².